The van der Waals surface area contributed by atoms with Crippen LogP contribution in [0.2, 0.25) is 0 Å². The summed E-state index contributed by atoms with van der Waals surface area (Å²) in [6, 6.07) is 8.09. The molecule has 5 nitrogen and oxygen atoms in total. The number of morpholine rings is 1. The van der Waals surface area contributed by atoms with Gasteiger partial charge in [0.1, 0.15) is 5.01 Å². The number of para-hydroxylation sites is 1. The molecule has 0 N–H and O–H groups in total. The van der Waals surface area contributed by atoms with E-state index in [4.69, 9.17) is 4.74 Å². The van der Waals surface area contributed by atoms with Crippen molar-refractivity contribution in [2.45, 2.75) is 25.3 Å². The van der Waals surface area contributed by atoms with E-state index >= 15 is 0 Å². The molecule has 0 radical (unpaired) electrons. The highest BCUT2D eigenvalue weighted by Gasteiger charge is 2.32. The van der Waals surface area contributed by atoms with Crippen molar-refractivity contribution in [2.24, 2.45) is 0 Å². The molecule has 2 aliphatic heterocycles. The lowest BCUT2D eigenvalue weighted by Gasteiger charge is -2.36. The second kappa shape index (κ2) is 7.54. The van der Waals surface area contributed by atoms with Crippen molar-refractivity contribution in [2.75, 3.05) is 37.7 Å². The maximum Gasteiger partial charge on any atom is 0.256 e. The van der Waals surface area contributed by atoms with E-state index in [9.17, 15) is 4.79 Å². The number of piperidine rings is 1. The fourth-order valence-electron chi connectivity index (χ4n) is 3.72. The summed E-state index contributed by atoms with van der Waals surface area (Å²) in [5, 5.41) is 3.05. The molecule has 132 valence electrons. The minimum absolute atomic E-state index is 0.110. The summed E-state index contributed by atoms with van der Waals surface area (Å²) >= 11 is 1.65. The van der Waals surface area contributed by atoms with Crippen LogP contribution in [-0.4, -0.2) is 48.6 Å². The van der Waals surface area contributed by atoms with Crippen LogP contribution in [0.3, 0.4) is 0 Å². The summed E-state index contributed by atoms with van der Waals surface area (Å²) in [6.07, 6.45) is 5.05. The van der Waals surface area contributed by atoms with E-state index < -0.39 is 0 Å². The number of hydrogen-bond acceptors (Lipinski definition) is 5. The summed E-state index contributed by atoms with van der Waals surface area (Å²) in [5.41, 5.74) is 1.83. The number of anilines is 1. The fourth-order valence-corrected chi connectivity index (χ4v) is 4.50. The van der Waals surface area contributed by atoms with Crippen LogP contribution >= 0.6 is 11.3 Å². The van der Waals surface area contributed by atoms with Crippen LogP contribution in [0, 0.1) is 0 Å². The number of carbonyl (C=O) groups is 1. The van der Waals surface area contributed by atoms with Crippen LogP contribution in [0.25, 0.3) is 0 Å². The Labute approximate surface area is 152 Å². The SMILES string of the molecule is O=C(c1ccccc1N1CCOCC1)N1CCCC[C@@H]1c1nccs1. The third-order valence-electron chi connectivity index (χ3n) is 4.99. The summed E-state index contributed by atoms with van der Waals surface area (Å²) in [5.74, 6) is 0.127. The number of hydrogen-bond donors (Lipinski definition) is 0. The molecular formula is C19H23N3O2S. The van der Waals surface area contributed by atoms with Crippen molar-refractivity contribution in [1.82, 2.24) is 9.88 Å². The number of aromatic nitrogens is 1. The Bertz CT molecular complexity index is 713. The molecule has 0 spiro atoms. The van der Waals surface area contributed by atoms with Gasteiger partial charge in [-0.3, -0.25) is 4.79 Å². The van der Waals surface area contributed by atoms with Crippen LogP contribution in [0.1, 0.15) is 40.7 Å². The van der Waals surface area contributed by atoms with Gasteiger partial charge in [0.25, 0.3) is 5.91 Å². The van der Waals surface area contributed by atoms with Gasteiger partial charge in [0.15, 0.2) is 0 Å². The van der Waals surface area contributed by atoms with Crippen molar-refractivity contribution >= 4 is 22.9 Å². The highest BCUT2D eigenvalue weighted by Crippen LogP contribution is 2.34. The van der Waals surface area contributed by atoms with Gasteiger partial charge in [0, 0.05) is 36.9 Å². The van der Waals surface area contributed by atoms with Crippen molar-refractivity contribution in [1.29, 1.82) is 0 Å². The van der Waals surface area contributed by atoms with Crippen molar-refractivity contribution in [3.8, 4) is 0 Å². The highest BCUT2D eigenvalue weighted by atomic mass is 32.1. The minimum Gasteiger partial charge on any atom is -0.378 e. The quantitative estimate of drug-likeness (QED) is 0.845. The zero-order valence-electron chi connectivity index (χ0n) is 14.3. The summed E-state index contributed by atoms with van der Waals surface area (Å²) < 4.78 is 5.46. The highest BCUT2D eigenvalue weighted by molar-refractivity contribution is 7.09. The third kappa shape index (κ3) is 3.41. The van der Waals surface area contributed by atoms with Gasteiger partial charge in [-0.15, -0.1) is 11.3 Å². The largest absolute Gasteiger partial charge is 0.378 e. The van der Waals surface area contributed by atoms with Gasteiger partial charge in [-0.25, -0.2) is 4.98 Å². The monoisotopic (exact) mass is 357 g/mol. The number of nitrogens with zero attached hydrogens (tertiary/aromatic N) is 3. The molecule has 1 aromatic carbocycles. The number of likely N-dealkylation sites (tertiary alicyclic amines) is 1. The predicted octanol–water partition coefficient (Wildman–Crippen LogP) is 3.35. The zero-order chi connectivity index (χ0) is 17.1. The molecule has 2 aromatic rings. The van der Waals surface area contributed by atoms with Crippen LogP contribution in [0.4, 0.5) is 5.69 Å². The summed E-state index contributed by atoms with van der Waals surface area (Å²) in [6.45, 7) is 3.91. The minimum atomic E-state index is 0.110. The van der Waals surface area contributed by atoms with Crippen LogP contribution in [-0.2, 0) is 4.74 Å². The first kappa shape index (κ1) is 16.5. The number of thiazole rings is 1. The van der Waals surface area contributed by atoms with Crippen molar-refractivity contribution in [3.05, 3.63) is 46.4 Å². The normalized spacial score (nSPS) is 21.4. The van der Waals surface area contributed by atoms with E-state index in [2.05, 4.69) is 16.0 Å². The standard InChI is InChI=1S/C19H23N3O2S/c23-19(22-9-4-3-7-17(22)18-20-8-14-25-18)15-5-1-2-6-16(15)21-10-12-24-13-11-21/h1-2,5-6,8,14,17H,3-4,7,9-13H2/t17-/m1/s1. The molecule has 2 fully saturated rings. The topological polar surface area (TPSA) is 45.7 Å². The van der Waals surface area contributed by atoms with Crippen LogP contribution in [0.15, 0.2) is 35.8 Å². The number of ether oxygens (including phenoxy) is 1. The second-order valence-electron chi connectivity index (χ2n) is 6.50. The Morgan fingerprint density at radius 1 is 1.16 bits per heavy atom. The first-order valence-electron chi connectivity index (χ1n) is 8.96. The Morgan fingerprint density at radius 2 is 2.00 bits per heavy atom. The van der Waals surface area contributed by atoms with Gasteiger partial charge < -0.3 is 14.5 Å². The first-order chi connectivity index (χ1) is 12.3. The fraction of sp³-hybridized carbons (Fsp3) is 0.474. The van der Waals surface area contributed by atoms with E-state index in [-0.39, 0.29) is 11.9 Å². The van der Waals surface area contributed by atoms with Gasteiger partial charge in [0.2, 0.25) is 0 Å². The number of benzene rings is 1. The lowest BCUT2D eigenvalue weighted by Crippen LogP contribution is -2.41. The predicted molar refractivity (Wildman–Crippen MR) is 99.2 cm³/mol. The molecular weight excluding hydrogens is 334 g/mol. The lowest BCUT2D eigenvalue weighted by molar-refractivity contribution is 0.0611. The molecule has 0 unspecified atom stereocenters. The maximum atomic E-state index is 13.4. The molecule has 6 heteroatoms. The van der Waals surface area contributed by atoms with Gasteiger partial charge >= 0.3 is 0 Å². The smallest absolute Gasteiger partial charge is 0.256 e. The molecule has 4 rings (SSSR count). The molecule has 3 heterocycles. The van der Waals surface area contributed by atoms with Gasteiger partial charge in [-0.05, 0) is 31.4 Å². The van der Waals surface area contributed by atoms with E-state index in [0.29, 0.717) is 13.2 Å². The summed E-state index contributed by atoms with van der Waals surface area (Å²) in [4.78, 5) is 22.2. The van der Waals surface area contributed by atoms with Crippen LogP contribution < -0.4 is 4.90 Å². The Kier molecular flexibility index (Phi) is 4.99. The molecule has 1 aromatic heterocycles. The first-order valence-corrected chi connectivity index (χ1v) is 9.84. The average molecular weight is 357 g/mol. The van der Waals surface area contributed by atoms with Gasteiger partial charge in [-0.1, -0.05) is 12.1 Å². The van der Waals surface area contributed by atoms with Gasteiger partial charge in [0.05, 0.1) is 24.8 Å². The Hall–Kier alpha value is -1.92. The lowest BCUT2D eigenvalue weighted by atomic mass is 10.0. The number of rotatable bonds is 3. The number of carbonyl (C=O) groups excluding carboxylic acids is 1. The maximum absolute atomic E-state index is 13.4. The molecule has 0 saturated carbocycles. The van der Waals surface area contributed by atoms with Gasteiger partial charge in [-0.2, -0.15) is 0 Å². The Balaban J connectivity index is 1.63. The third-order valence-corrected chi connectivity index (χ3v) is 5.86. The molecule has 25 heavy (non-hydrogen) atoms. The summed E-state index contributed by atoms with van der Waals surface area (Å²) in [7, 11) is 0. The molecule has 0 bridgehead atoms. The molecule has 2 saturated heterocycles. The van der Waals surface area contributed by atoms with E-state index in [0.717, 1.165) is 55.2 Å². The average Bonchev–Trinajstić information content (AvgIpc) is 3.23. The zero-order valence-corrected chi connectivity index (χ0v) is 15.1. The van der Waals surface area contributed by atoms with E-state index in [1.54, 1.807) is 11.3 Å². The molecule has 2 aliphatic rings. The van der Waals surface area contributed by atoms with Crippen molar-refractivity contribution < 1.29 is 9.53 Å². The number of amides is 1. The van der Waals surface area contributed by atoms with Crippen molar-refractivity contribution in [3.63, 3.8) is 0 Å². The van der Waals surface area contributed by atoms with Crippen LogP contribution in [0.5, 0.6) is 0 Å². The molecule has 1 amide bonds. The molecule has 1 atom stereocenters. The molecule has 0 aliphatic carbocycles. The van der Waals surface area contributed by atoms with E-state index in [1.807, 2.05) is 34.7 Å². The van der Waals surface area contributed by atoms with E-state index in [1.165, 1.54) is 0 Å². The second-order valence-corrected chi connectivity index (χ2v) is 7.42. The Morgan fingerprint density at radius 3 is 2.80 bits per heavy atom.